The molecule has 0 spiro atoms. The van der Waals surface area contributed by atoms with Crippen LogP contribution in [0.1, 0.15) is 11.1 Å². The average molecular weight is 464 g/mol. The number of amides is 4. The van der Waals surface area contributed by atoms with Crippen molar-refractivity contribution in [3.63, 3.8) is 0 Å². The molecule has 0 aliphatic carbocycles. The van der Waals surface area contributed by atoms with Crippen molar-refractivity contribution < 1.29 is 23.9 Å². The molecule has 4 amide bonds. The van der Waals surface area contributed by atoms with E-state index >= 15 is 0 Å². The van der Waals surface area contributed by atoms with Crippen LogP contribution in [0.2, 0.25) is 0 Å². The Bertz CT molecular complexity index is 866. The minimum atomic E-state index is -0.352. The topological polar surface area (TPSA) is 96.0 Å². The highest BCUT2D eigenvalue weighted by molar-refractivity contribution is 8.18. The Morgan fingerprint density at radius 2 is 1.87 bits per heavy atom. The number of benzene rings is 1. The van der Waals surface area contributed by atoms with Crippen LogP contribution in [-0.2, 0) is 19.1 Å². The molecular weight excluding hydrogens is 438 g/mol. The van der Waals surface area contributed by atoms with Crippen LogP contribution in [0, 0.1) is 6.92 Å². The molecule has 2 aliphatic rings. The summed E-state index contributed by atoms with van der Waals surface area (Å²) in [6.07, 6.45) is 1.70. The smallest absolute Gasteiger partial charge is 0.293 e. The number of morpholine rings is 1. The average Bonchev–Trinajstić information content (AvgIpc) is 3.03. The van der Waals surface area contributed by atoms with Crippen molar-refractivity contribution in [2.75, 3.05) is 50.9 Å². The SMILES string of the molecule is Cc1ccc(/C=C2\SC(=O)N(CCNC(=O)CSCC(=O)N3CCOCC3)C2=O)cc1. The first-order valence-electron chi connectivity index (χ1n) is 9.96. The van der Waals surface area contributed by atoms with Crippen LogP contribution >= 0.6 is 23.5 Å². The van der Waals surface area contributed by atoms with E-state index in [1.165, 1.54) is 11.8 Å². The maximum Gasteiger partial charge on any atom is 0.293 e. The standard InChI is InChI=1S/C21H25N3O5S2/c1-15-2-4-16(5-3-15)12-17-20(27)24(21(28)31-17)7-6-22-18(25)13-30-14-19(26)23-8-10-29-11-9-23/h2-5,12H,6-11,13-14H2,1H3,(H,22,25)/b17-12-. The molecule has 1 aromatic carbocycles. The molecule has 166 valence electrons. The zero-order chi connectivity index (χ0) is 22.2. The zero-order valence-corrected chi connectivity index (χ0v) is 18.9. The van der Waals surface area contributed by atoms with Crippen LogP contribution in [0.5, 0.6) is 0 Å². The Hall–Kier alpha value is -2.30. The number of nitrogens with one attached hydrogen (secondary N) is 1. The molecule has 2 fully saturated rings. The third-order valence-corrected chi connectivity index (χ3v) is 6.55. The molecule has 31 heavy (non-hydrogen) atoms. The van der Waals surface area contributed by atoms with Crippen molar-refractivity contribution >= 4 is 52.6 Å². The van der Waals surface area contributed by atoms with Gasteiger partial charge in [0.05, 0.1) is 29.6 Å². The van der Waals surface area contributed by atoms with Crippen LogP contribution in [0.15, 0.2) is 29.2 Å². The highest BCUT2D eigenvalue weighted by atomic mass is 32.2. The van der Waals surface area contributed by atoms with Crippen LogP contribution in [0.4, 0.5) is 4.79 Å². The second kappa shape index (κ2) is 11.4. The maximum absolute atomic E-state index is 12.5. The lowest BCUT2D eigenvalue weighted by Gasteiger charge is -2.26. The number of thioether (sulfide) groups is 2. The molecule has 1 aromatic rings. The Labute approximate surface area is 189 Å². The number of imide groups is 1. The lowest BCUT2D eigenvalue weighted by atomic mass is 10.1. The normalized spacial score (nSPS) is 18.0. The fraction of sp³-hybridized carbons (Fsp3) is 0.429. The summed E-state index contributed by atoms with van der Waals surface area (Å²) in [6, 6.07) is 7.67. The second-order valence-corrected chi connectivity index (χ2v) is 9.06. The molecule has 0 atom stereocenters. The van der Waals surface area contributed by atoms with E-state index in [2.05, 4.69) is 5.32 Å². The first-order chi connectivity index (χ1) is 14.9. The summed E-state index contributed by atoms with van der Waals surface area (Å²) in [4.78, 5) is 52.0. The predicted octanol–water partition coefficient (Wildman–Crippen LogP) is 1.74. The molecular formula is C21H25N3O5S2. The van der Waals surface area contributed by atoms with Gasteiger partial charge in [-0.15, -0.1) is 11.8 Å². The van der Waals surface area contributed by atoms with Gasteiger partial charge in [-0.05, 0) is 30.3 Å². The van der Waals surface area contributed by atoms with Crippen molar-refractivity contribution in [1.29, 1.82) is 0 Å². The van der Waals surface area contributed by atoms with Gasteiger partial charge in [-0.3, -0.25) is 24.1 Å². The van der Waals surface area contributed by atoms with Crippen molar-refractivity contribution in [2.45, 2.75) is 6.92 Å². The van der Waals surface area contributed by atoms with Crippen LogP contribution in [-0.4, -0.2) is 83.7 Å². The van der Waals surface area contributed by atoms with Gasteiger partial charge in [0.25, 0.3) is 11.1 Å². The van der Waals surface area contributed by atoms with Gasteiger partial charge in [0.2, 0.25) is 11.8 Å². The lowest BCUT2D eigenvalue weighted by Crippen LogP contribution is -2.42. The molecule has 8 nitrogen and oxygen atoms in total. The van der Waals surface area contributed by atoms with Crippen molar-refractivity contribution in [3.8, 4) is 0 Å². The maximum atomic E-state index is 12.5. The van der Waals surface area contributed by atoms with E-state index in [1.807, 2.05) is 31.2 Å². The fourth-order valence-corrected chi connectivity index (χ4v) is 4.61. The molecule has 0 saturated carbocycles. The summed E-state index contributed by atoms with van der Waals surface area (Å²) >= 11 is 2.15. The van der Waals surface area contributed by atoms with E-state index in [1.54, 1.807) is 11.0 Å². The molecule has 3 rings (SSSR count). The third kappa shape index (κ3) is 6.84. The Balaban J connectivity index is 1.38. The van der Waals surface area contributed by atoms with Gasteiger partial charge in [-0.2, -0.15) is 0 Å². The quantitative estimate of drug-likeness (QED) is 0.587. The summed E-state index contributed by atoms with van der Waals surface area (Å²) in [6.45, 7) is 4.53. The monoisotopic (exact) mass is 463 g/mol. The Kier molecular flexibility index (Phi) is 8.56. The van der Waals surface area contributed by atoms with Crippen molar-refractivity contribution in [1.82, 2.24) is 15.1 Å². The van der Waals surface area contributed by atoms with Crippen LogP contribution in [0.25, 0.3) is 6.08 Å². The lowest BCUT2D eigenvalue weighted by molar-refractivity contribution is -0.132. The first kappa shape index (κ1) is 23.4. The summed E-state index contributed by atoms with van der Waals surface area (Å²) in [5, 5.41) is 2.35. The fourth-order valence-electron chi connectivity index (χ4n) is 3.00. The van der Waals surface area contributed by atoms with Gasteiger partial charge >= 0.3 is 0 Å². The van der Waals surface area contributed by atoms with Gasteiger partial charge in [0.15, 0.2) is 0 Å². The van der Waals surface area contributed by atoms with E-state index in [4.69, 9.17) is 4.74 Å². The summed E-state index contributed by atoms with van der Waals surface area (Å²) in [5.41, 5.74) is 1.97. The van der Waals surface area contributed by atoms with E-state index < -0.39 is 0 Å². The first-order valence-corrected chi connectivity index (χ1v) is 11.9. The molecule has 0 radical (unpaired) electrons. The molecule has 10 heteroatoms. The van der Waals surface area contributed by atoms with Crippen LogP contribution in [0.3, 0.4) is 0 Å². The van der Waals surface area contributed by atoms with Crippen molar-refractivity contribution in [2.24, 2.45) is 0 Å². The number of nitrogens with zero attached hydrogens (tertiary/aromatic N) is 2. The van der Waals surface area contributed by atoms with Gasteiger partial charge < -0.3 is 15.0 Å². The second-order valence-electron chi connectivity index (χ2n) is 7.08. The zero-order valence-electron chi connectivity index (χ0n) is 17.3. The van der Waals surface area contributed by atoms with Gasteiger partial charge in [0.1, 0.15) is 0 Å². The minimum absolute atomic E-state index is 0.000668. The number of hydrogen-bond acceptors (Lipinski definition) is 7. The number of aryl methyl sites for hydroxylation is 1. The Morgan fingerprint density at radius 1 is 1.16 bits per heavy atom. The summed E-state index contributed by atoms with van der Waals surface area (Å²) in [5.74, 6) is -0.206. The highest BCUT2D eigenvalue weighted by Crippen LogP contribution is 2.31. The molecule has 2 heterocycles. The predicted molar refractivity (Wildman–Crippen MR) is 122 cm³/mol. The molecule has 2 saturated heterocycles. The molecule has 2 aliphatic heterocycles. The van der Waals surface area contributed by atoms with E-state index in [-0.39, 0.29) is 47.6 Å². The minimum Gasteiger partial charge on any atom is -0.378 e. The van der Waals surface area contributed by atoms with E-state index in [0.29, 0.717) is 31.2 Å². The number of hydrogen-bond donors (Lipinski definition) is 1. The number of carbonyl (C=O) groups excluding carboxylic acids is 4. The number of carbonyl (C=O) groups is 4. The Morgan fingerprint density at radius 3 is 2.58 bits per heavy atom. The van der Waals surface area contributed by atoms with Crippen LogP contribution < -0.4 is 5.32 Å². The van der Waals surface area contributed by atoms with Gasteiger partial charge in [-0.1, -0.05) is 29.8 Å². The summed E-state index contributed by atoms with van der Waals surface area (Å²) < 4.78 is 5.21. The molecule has 1 N–H and O–H groups in total. The van der Waals surface area contributed by atoms with Gasteiger partial charge in [-0.25, -0.2) is 0 Å². The number of ether oxygens (including phenoxy) is 1. The number of rotatable bonds is 8. The molecule has 0 aromatic heterocycles. The summed E-state index contributed by atoms with van der Waals surface area (Å²) in [7, 11) is 0. The highest BCUT2D eigenvalue weighted by Gasteiger charge is 2.34. The molecule has 0 bridgehead atoms. The van der Waals surface area contributed by atoms with E-state index in [9.17, 15) is 19.2 Å². The van der Waals surface area contributed by atoms with Crippen molar-refractivity contribution in [3.05, 3.63) is 40.3 Å². The third-order valence-electron chi connectivity index (χ3n) is 4.73. The van der Waals surface area contributed by atoms with Gasteiger partial charge in [0, 0.05) is 26.2 Å². The largest absolute Gasteiger partial charge is 0.378 e. The molecule has 0 unspecified atom stereocenters. The van der Waals surface area contributed by atoms with E-state index in [0.717, 1.165) is 27.8 Å².